The van der Waals surface area contributed by atoms with Crippen molar-refractivity contribution in [3.63, 3.8) is 0 Å². The highest BCUT2D eigenvalue weighted by atomic mass is 35.5. The number of hydrogen-bond donors (Lipinski definition) is 2. The summed E-state index contributed by atoms with van der Waals surface area (Å²) in [7, 11) is 0. The number of alkyl halides is 3. The molecule has 10 heteroatoms. The van der Waals surface area contributed by atoms with Crippen LogP contribution in [0.5, 0.6) is 5.75 Å². The van der Waals surface area contributed by atoms with Crippen molar-refractivity contribution in [2.45, 2.75) is 19.5 Å². The fourth-order valence-electron chi connectivity index (χ4n) is 2.69. The van der Waals surface area contributed by atoms with Crippen molar-refractivity contribution >= 4 is 46.1 Å². The minimum atomic E-state index is -4.58. The van der Waals surface area contributed by atoms with E-state index >= 15 is 0 Å². The number of hydrogen-bond acceptors (Lipinski definition) is 4. The minimum absolute atomic E-state index is 0.0923. The Bertz CT molecular complexity index is 1120. The van der Waals surface area contributed by atoms with E-state index in [0.717, 1.165) is 12.1 Å². The molecule has 0 aliphatic carbocycles. The third kappa shape index (κ3) is 5.80. The molecule has 0 bridgehead atoms. The summed E-state index contributed by atoms with van der Waals surface area (Å²) in [6.07, 6.45) is -3.94. The lowest BCUT2D eigenvalue weighted by molar-refractivity contribution is -0.137. The van der Waals surface area contributed by atoms with Crippen LogP contribution >= 0.6 is 22.9 Å². The van der Waals surface area contributed by atoms with Gasteiger partial charge in [-0.25, -0.2) is 0 Å². The molecule has 0 aliphatic rings. The fraction of sp³-hybridized carbons (Fsp3) is 0.182. The number of benzene rings is 2. The second-order valence-corrected chi connectivity index (χ2v) is 7.99. The van der Waals surface area contributed by atoms with Crippen molar-refractivity contribution in [2.75, 3.05) is 17.2 Å². The van der Waals surface area contributed by atoms with Crippen molar-refractivity contribution < 1.29 is 27.5 Å². The van der Waals surface area contributed by atoms with Crippen LogP contribution < -0.4 is 15.4 Å². The van der Waals surface area contributed by atoms with Gasteiger partial charge in [0.1, 0.15) is 5.75 Å². The van der Waals surface area contributed by atoms with Crippen LogP contribution in [0.1, 0.15) is 38.9 Å². The number of anilines is 2. The Hall–Kier alpha value is -3.04. The van der Waals surface area contributed by atoms with Gasteiger partial charge in [0, 0.05) is 5.56 Å². The van der Waals surface area contributed by atoms with Gasteiger partial charge < -0.3 is 15.4 Å². The normalized spacial score (nSPS) is 11.2. The van der Waals surface area contributed by atoms with Gasteiger partial charge in [-0.1, -0.05) is 24.6 Å². The van der Waals surface area contributed by atoms with Gasteiger partial charge in [0.15, 0.2) is 0 Å². The predicted molar refractivity (Wildman–Crippen MR) is 119 cm³/mol. The predicted octanol–water partition coefficient (Wildman–Crippen LogP) is 6.71. The van der Waals surface area contributed by atoms with Gasteiger partial charge in [0.25, 0.3) is 11.8 Å². The third-order valence-electron chi connectivity index (χ3n) is 4.24. The molecule has 168 valence electrons. The fourth-order valence-corrected chi connectivity index (χ4v) is 3.47. The van der Waals surface area contributed by atoms with Gasteiger partial charge in [0.2, 0.25) is 0 Å². The highest BCUT2D eigenvalue weighted by Gasteiger charge is 2.31. The Morgan fingerprint density at radius 2 is 1.78 bits per heavy atom. The van der Waals surface area contributed by atoms with E-state index in [2.05, 4.69) is 10.6 Å². The molecule has 5 nitrogen and oxygen atoms in total. The average molecular weight is 483 g/mol. The lowest BCUT2D eigenvalue weighted by Crippen LogP contribution is -2.16. The highest BCUT2D eigenvalue weighted by molar-refractivity contribution is 7.12. The molecular weight excluding hydrogens is 465 g/mol. The average Bonchev–Trinajstić information content (AvgIpc) is 3.28. The molecule has 0 fully saturated rings. The maximum absolute atomic E-state index is 13.1. The van der Waals surface area contributed by atoms with Crippen LogP contribution in [0, 0.1) is 0 Å². The second kappa shape index (κ2) is 10.1. The lowest BCUT2D eigenvalue weighted by Gasteiger charge is -2.15. The zero-order valence-corrected chi connectivity index (χ0v) is 18.3. The molecule has 0 spiro atoms. The van der Waals surface area contributed by atoms with E-state index in [4.69, 9.17) is 16.3 Å². The molecule has 1 aromatic heterocycles. The quantitative estimate of drug-likeness (QED) is 0.393. The van der Waals surface area contributed by atoms with Crippen LogP contribution in [0.2, 0.25) is 5.02 Å². The zero-order valence-electron chi connectivity index (χ0n) is 16.8. The molecule has 3 aromatic rings. The molecule has 0 unspecified atom stereocenters. The van der Waals surface area contributed by atoms with E-state index in [1.54, 1.807) is 17.5 Å². The highest BCUT2D eigenvalue weighted by Crippen LogP contribution is 2.35. The number of halogens is 4. The lowest BCUT2D eigenvalue weighted by atomic mass is 10.1. The van der Waals surface area contributed by atoms with E-state index in [0.29, 0.717) is 11.3 Å². The number of carbonyl (C=O) groups excluding carboxylic acids is 2. The molecule has 2 amide bonds. The van der Waals surface area contributed by atoms with Crippen molar-refractivity contribution in [3.05, 3.63) is 74.9 Å². The van der Waals surface area contributed by atoms with E-state index < -0.39 is 23.6 Å². The van der Waals surface area contributed by atoms with Crippen LogP contribution in [0.15, 0.2) is 53.9 Å². The van der Waals surface area contributed by atoms with Crippen LogP contribution in [-0.2, 0) is 6.18 Å². The van der Waals surface area contributed by atoms with Gasteiger partial charge in [-0.3, -0.25) is 9.59 Å². The number of rotatable bonds is 7. The topological polar surface area (TPSA) is 67.4 Å². The summed E-state index contributed by atoms with van der Waals surface area (Å²) in [4.78, 5) is 25.5. The largest absolute Gasteiger partial charge is 0.491 e. The first kappa shape index (κ1) is 23.6. The molecule has 2 aromatic carbocycles. The molecule has 3 rings (SSSR count). The summed E-state index contributed by atoms with van der Waals surface area (Å²) in [6.45, 7) is 2.12. The molecule has 0 radical (unpaired) electrons. The Morgan fingerprint density at radius 3 is 2.44 bits per heavy atom. The van der Waals surface area contributed by atoms with Crippen LogP contribution in [0.25, 0.3) is 0 Å². The Labute approximate surface area is 191 Å². The number of carbonyl (C=O) groups is 2. The van der Waals surface area contributed by atoms with Gasteiger partial charge in [-0.2, -0.15) is 13.2 Å². The van der Waals surface area contributed by atoms with E-state index in [9.17, 15) is 22.8 Å². The van der Waals surface area contributed by atoms with Gasteiger partial charge >= 0.3 is 6.18 Å². The minimum Gasteiger partial charge on any atom is -0.491 e. The summed E-state index contributed by atoms with van der Waals surface area (Å²) < 4.78 is 44.9. The van der Waals surface area contributed by atoms with Crippen molar-refractivity contribution in [2.24, 2.45) is 0 Å². The molecule has 0 saturated carbocycles. The third-order valence-corrected chi connectivity index (χ3v) is 5.44. The summed E-state index contributed by atoms with van der Waals surface area (Å²) in [5, 5.41) is 7.03. The first-order chi connectivity index (χ1) is 15.2. The second-order valence-electron chi connectivity index (χ2n) is 6.64. The maximum Gasteiger partial charge on any atom is 0.416 e. The zero-order chi connectivity index (χ0) is 23.3. The Kier molecular flexibility index (Phi) is 7.42. The van der Waals surface area contributed by atoms with Crippen LogP contribution in [-0.4, -0.2) is 18.4 Å². The Balaban J connectivity index is 1.85. The first-order valence-electron chi connectivity index (χ1n) is 9.49. The van der Waals surface area contributed by atoms with Crippen LogP contribution in [0.3, 0.4) is 0 Å². The number of thiophene rings is 1. The van der Waals surface area contributed by atoms with Crippen molar-refractivity contribution in [3.8, 4) is 5.75 Å². The van der Waals surface area contributed by atoms with Crippen molar-refractivity contribution in [1.29, 1.82) is 0 Å². The van der Waals surface area contributed by atoms with Gasteiger partial charge in [-0.15, -0.1) is 11.3 Å². The molecule has 2 N–H and O–H groups in total. The van der Waals surface area contributed by atoms with Crippen molar-refractivity contribution in [1.82, 2.24) is 0 Å². The first-order valence-corrected chi connectivity index (χ1v) is 10.7. The molecule has 0 atom stereocenters. The monoisotopic (exact) mass is 482 g/mol. The summed E-state index contributed by atoms with van der Waals surface area (Å²) in [5.41, 5.74) is -0.743. The summed E-state index contributed by atoms with van der Waals surface area (Å²) in [5.74, 6) is -0.963. The smallest absolute Gasteiger partial charge is 0.416 e. The molecule has 32 heavy (non-hydrogen) atoms. The number of ether oxygens (including phenoxy) is 1. The summed E-state index contributed by atoms with van der Waals surface area (Å²) >= 11 is 7.37. The molecule has 0 saturated heterocycles. The summed E-state index contributed by atoms with van der Waals surface area (Å²) in [6, 6.07) is 10.4. The van der Waals surface area contributed by atoms with E-state index in [1.807, 2.05) is 6.92 Å². The molecular formula is C22H18ClF3N2O3S. The molecule has 0 aliphatic heterocycles. The Morgan fingerprint density at radius 1 is 1.03 bits per heavy atom. The van der Waals surface area contributed by atoms with E-state index in [1.165, 1.54) is 35.6 Å². The number of nitrogens with one attached hydrogen (secondary N) is 2. The SMILES string of the molecule is CCCOc1ccc(C(F)(F)F)cc1NC(=O)c1ccc(Cl)c(NC(=O)c2cccs2)c1. The standard InChI is InChI=1S/C22H18ClF3N2O3S/c1-2-9-31-18-8-6-14(22(24,25)26)12-17(18)28-20(29)13-5-7-15(23)16(11-13)27-21(30)19-4-3-10-32-19/h3-8,10-12H,2,9H2,1H3,(H,27,30)(H,28,29). The number of amides is 2. The molecule has 1 heterocycles. The van der Waals surface area contributed by atoms with Gasteiger partial charge in [-0.05, 0) is 54.3 Å². The van der Waals surface area contributed by atoms with Crippen LogP contribution in [0.4, 0.5) is 24.5 Å². The van der Waals surface area contributed by atoms with E-state index in [-0.39, 0.29) is 34.3 Å². The van der Waals surface area contributed by atoms with Gasteiger partial charge in [0.05, 0.1) is 33.4 Å². The maximum atomic E-state index is 13.1.